The Labute approximate surface area is 191 Å². The van der Waals surface area contributed by atoms with Crippen LogP contribution in [0.15, 0.2) is 48.5 Å². The number of fused-ring (bicyclic) bond motifs is 5. The summed E-state index contributed by atoms with van der Waals surface area (Å²) in [6, 6.07) is 17.5. The molecule has 0 saturated carbocycles. The number of amides is 1. The number of piperidine rings is 1. The van der Waals surface area contributed by atoms with Gasteiger partial charge in [-0.05, 0) is 60.4 Å². The lowest BCUT2D eigenvalue weighted by Gasteiger charge is -2.36. The van der Waals surface area contributed by atoms with Gasteiger partial charge in [-0.25, -0.2) is 0 Å². The number of benzene rings is 2. The number of carbonyl (C=O) groups is 1. The Bertz CT molecular complexity index is 926. The van der Waals surface area contributed by atoms with Crippen LogP contribution < -0.4 is 4.90 Å². The Kier molecular flexibility index (Phi) is 6.44. The second-order valence-electron chi connectivity index (χ2n) is 9.49. The number of hydrogen-bond acceptors (Lipinski definition) is 3. The molecule has 5 heteroatoms. The maximum atomic E-state index is 13.2. The molecule has 5 rings (SSSR count). The monoisotopic (exact) mass is 435 g/mol. The van der Waals surface area contributed by atoms with Gasteiger partial charge in [0, 0.05) is 51.4 Å². The Morgan fingerprint density at radius 1 is 0.969 bits per heavy atom. The minimum atomic E-state index is -0.228. The van der Waals surface area contributed by atoms with Crippen LogP contribution in [0.3, 0.4) is 0 Å². The number of anilines is 1. The fourth-order valence-electron chi connectivity index (χ4n) is 5.81. The average molecular weight is 436 g/mol. The van der Waals surface area contributed by atoms with Gasteiger partial charge in [-0.15, -0.1) is 0 Å². The van der Waals surface area contributed by atoms with E-state index >= 15 is 0 Å². The van der Waals surface area contributed by atoms with Gasteiger partial charge in [0.1, 0.15) is 0 Å². The summed E-state index contributed by atoms with van der Waals surface area (Å²) in [5.41, 5.74) is 5.34. The molecule has 2 heterocycles. The van der Waals surface area contributed by atoms with Gasteiger partial charge in [-0.3, -0.25) is 14.1 Å². The first-order valence-corrected chi connectivity index (χ1v) is 12.2. The van der Waals surface area contributed by atoms with Gasteiger partial charge in [-0.2, -0.15) is 0 Å². The van der Waals surface area contributed by atoms with E-state index in [1.807, 2.05) is 18.2 Å². The molecule has 0 aromatic heterocycles. The minimum absolute atomic E-state index is 0.228. The van der Waals surface area contributed by atoms with Crippen LogP contribution in [0.4, 0.5) is 10.1 Å². The zero-order valence-electron chi connectivity index (χ0n) is 18.9. The summed E-state index contributed by atoms with van der Waals surface area (Å²) in [6.07, 6.45) is 4.18. The van der Waals surface area contributed by atoms with E-state index < -0.39 is 0 Å². The highest BCUT2D eigenvalue weighted by molar-refractivity contribution is 5.78. The van der Waals surface area contributed by atoms with Crippen LogP contribution in [0, 0.1) is 0 Å². The van der Waals surface area contributed by atoms with Gasteiger partial charge in [-0.1, -0.05) is 36.4 Å². The number of alkyl halides is 1. The van der Waals surface area contributed by atoms with Crippen molar-refractivity contribution in [3.63, 3.8) is 0 Å². The third-order valence-corrected chi connectivity index (χ3v) is 7.61. The van der Waals surface area contributed by atoms with Gasteiger partial charge in [0.15, 0.2) is 0 Å². The smallest absolute Gasteiger partial charge is 0.223 e. The van der Waals surface area contributed by atoms with Gasteiger partial charge >= 0.3 is 0 Å². The van der Waals surface area contributed by atoms with Crippen molar-refractivity contribution in [3.8, 4) is 0 Å². The van der Waals surface area contributed by atoms with E-state index in [0.29, 0.717) is 18.8 Å². The zero-order valence-corrected chi connectivity index (χ0v) is 18.9. The Hall–Kier alpha value is -2.40. The molecule has 2 aromatic rings. The summed E-state index contributed by atoms with van der Waals surface area (Å²) in [5.74, 6) is 0.886. The van der Waals surface area contributed by atoms with E-state index in [1.54, 1.807) is 0 Å². The van der Waals surface area contributed by atoms with Crippen molar-refractivity contribution in [1.82, 2.24) is 9.80 Å². The van der Waals surface area contributed by atoms with E-state index in [2.05, 4.69) is 45.0 Å². The van der Waals surface area contributed by atoms with Crippen molar-refractivity contribution in [2.24, 2.45) is 0 Å². The highest BCUT2D eigenvalue weighted by atomic mass is 19.1. The molecule has 2 bridgehead atoms. The summed E-state index contributed by atoms with van der Waals surface area (Å²) >= 11 is 0. The molecule has 0 radical (unpaired) electrons. The summed E-state index contributed by atoms with van der Waals surface area (Å²) in [7, 11) is 0. The van der Waals surface area contributed by atoms with E-state index in [1.165, 1.54) is 22.4 Å². The zero-order chi connectivity index (χ0) is 21.9. The lowest BCUT2D eigenvalue weighted by atomic mass is 9.95. The van der Waals surface area contributed by atoms with Gasteiger partial charge in [0.25, 0.3) is 0 Å². The molecule has 32 heavy (non-hydrogen) atoms. The first-order valence-electron chi connectivity index (χ1n) is 12.2. The average Bonchev–Trinajstić information content (AvgIpc) is 3.13. The van der Waals surface area contributed by atoms with Crippen molar-refractivity contribution >= 4 is 11.6 Å². The van der Waals surface area contributed by atoms with Crippen LogP contribution in [0.25, 0.3) is 0 Å². The molecule has 170 valence electrons. The van der Waals surface area contributed by atoms with Crippen LogP contribution in [0.5, 0.6) is 0 Å². The van der Waals surface area contributed by atoms with E-state index in [-0.39, 0.29) is 18.6 Å². The predicted molar refractivity (Wildman–Crippen MR) is 127 cm³/mol. The number of rotatable bonds is 7. The number of carbonyl (C=O) groups excluding carboxylic acids is 1. The number of likely N-dealkylation sites (tertiary alicyclic amines) is 1. The Morgan fingerprint density at radius 2 is 1.78 bits per heavy atom. The molecule has 0 spiro atoms. The highest BCUT2D eigenvalue weighted by Gasteiger charge is 2.40. The van der Waals surface area contributed by atoms with Crippen LogP contribution >= 0.6 is 0 Å². The number of piperazine rings is 1. The van der Waals surface area contributed by atoms with Crippen LogP contribution in [-0.4, -0.2) is 61.7 Å². The normalized spacial score (nSPS) is 22.8. The van der Waals surface area contributed by atoms with E-state index in [4.69, 9.17) is 0 Å². The number of halogens is 1. The fraction of sp³-hybridized carbons (Fsp3) is 0.519. The lowest BCUT2D eigenvalue weighted by Crippen LogP contribution is -2.46. The maximum Gasteiger partial charge on any atom is 0.223 e. The molecule has 2 aromatic carbocycles. The molecule has 2 aliphatic heterocycles. The molecule has 4 nitrogen and oxygen atoms in total. The predicted octanol–water partition coefficient (Wildman–Crippen LogP) is 4.56. The number of nitrogens with zero attached hydrogens (tertiary/aromatic N) is 3. The first kappa shape index (κ1) is 21.4. The second-order valence-corrected chi connectivity index (χ2v) is 9.49. The van der Waals surface area contributed by atoms with Crippen LogP contribution in [0.1, 0.15) is 54.3 Å². The third-order valence-electron chi connectivity index (χ3n) is 7.61. The first-order chi connectivity index (χ1) is 15.7. The van der Waals surface area contributed by atoms with Crippen molar-refractivity contribution < 1.29 is 9.18 Å². The summed E-state index contributed by atoms with van der Waals surface area (Å²) in [6.45, 7) is 5.46. The molecule has 0 N–H and O–H groups in total. The SMILES string of the molecule is O=C(CCc1ccccc1)N1CC[C@@H]2C[C@H]1c1cc(N3CCN(CCCF)CC3)ccc12. The largest absolute Gasteiger partial charge is 0.369 e. The second kappa shape index (κ2) is 9.62. The van der Waals surface area contributed by atoms with Gasteiger partial charge in [0.2, 0.25) is 5.91 Å². The van der Waals surface area contributed by atoms with Crippen molar-refractivity contribution in [1.29, 1.82) is 0 Å². The molecule has 2 saturated heterocycles. The third kappa shape index (κ3) is 4.40. The van der Waals surface area contributed by atoms with Crippen molar-refractivity contribution in [2.75, 3.05) is 50.8 Å². The molecule has 1 amide bonds. The molecule has 0 unspecified atom stereocenters. The molecule has 2 fully saturated rings. The van der Waals surface area contributed by atoms with Gasteiger partial charge < -0.3 is 9.80 Å². The maximum absolute atomic E-state index is 13.2. The number of hydrogen-bond donors (Lipinski definition) is 0. The number of aryl methyl sites for hydroxylation is 1. The lowest BCUT2D eigenvalue weighted by molar-refractivity contribution is -0.134. The fourth-order valence-corrected chi connectivity index (χ4v) is 5.81. The standard InChI is InChI=1S/C27H34FN3O/c28-12-4-13-29-15-17-30(18-16-29)23-8-9-24-22-11-14-31(26(19-22)25(24)20-23)27(32)10-7-21-5-2-1-3-6-21/h1-3,5-6,8-9,20,22,26H,4,7,10-19H2/t22-,26+/m1/s1. The summed E-state index contributed by atoms with van der Waals surface area (Å²) in [4.78, 5) is 20.1. The van der Waals surface area contributed by atoms with Crippen molar-refractivity contribution in [2.45, 2.75) is 44.1 Å². The van der Waals surface area contributed by atoms with Crippen molar-refractivity contribution in [3.05, 3.63) is 65.2 Å². The van der Waals surface area contributed by atoms with Gasteiger partial charge in [0.05, 0.1) is 12.7 Å². The summed E-state index contributed by atoms with van der Waals surface area (Å²) < 4.78 is 12.5. The van der Waals surface area contributed by atoms with Crippen LogP contribution in [0.2, 0.25) is 0 Å². The summed E-state index contributed by atoms with van der Waals surface area (Å²) in [5, 5.41) is 0. The Balaban J connectivity index is 1.26. The molecular formula is C27H34FN3O. The van der Waals surface area contributed by atoms with Crippen LogP contribution in [-0.2, 0) is 11.2 Å². The minimum Gasteiger partial charge on any atom is -0.369 e. The molecular weight excluding hydrogens is 401 g/mol. The topological polar surface area (TPSA) is 26.8 Å². The molecule has 3 aliphatic rings. The molecule has 2 atom stereocenters. The highest BCUT2D eigenvalue weighted by Crippen LogP contribution is 2.50. The van der Waals surface area contributed by atoms with E-state index in [0.717, 1.165) is 58.5 Å². The van der Waals surface area contributed by atoms with E-state index in [9.17, 15) is 9.18 Å². The molecule has 1 aliphatic carbocycles. The quantitative estimate of drug-likeness (QED) is 0.638. The Morgan fingerprint density at radius 3 is 2.56 bits per heavy atom.